The van der Waals surface area contributed by atoms with Crippen LogP contribution >= 0.6 is 15.9 Å². The number of aryl methyl sites for hydroxylation is 2. The molecule has 0 fully saturated rings. The summed E-state index contributed by atoms with van der Waals surface area (Å²) in [6.45, 7) is 4.02. The van der Waals surface area contributed by atoms with Gasteiger partial charge < -0.3 is 4.74 Å². The van der Waals surface area contributed by atoms with Crippen molar-refractivity contribution >= 4 is 21.9 Å². The third-order valence-corrected chi connectivity index (χ3v) is 2.93. The zero-order valence-corrected chi connectivity index (χ0v) is 11.4. The topological polar surface area (TPSA) is 52.0 Å². The molecule has 0 saturated carbocycles. The van der Waals surface area contributed by atoms with Gasteiger partial charge >= 0.3 is 0 Å². The molecule has 0 unspecified atom stereocenters. The van der Waals surface area contributed by atoms with E-state index in [4.69, 9.17) is 4.74 Å². The maximum atomic E-state index is 5.12. The average Bonchev–Trinajstić information content (AvgIpc) is 2.63. The Hall–Kier alpha value is -1.56. The minimum absolute atomic E-state index is 0.493. The predicted octanol–water partition coefficient (Wildman–Crippen LogP) is 2.54. The number of nitrogens with zero attached hydrogens (tertiary/aromatic N) is 3. The van der Waals surface area contributed by atoms with Crippen molar-refractivity contribution in [1.29, 1.82) is 0 Å². The highest BCUT2D eigenvalue weighted by molar-refractivity contribution is 9.10. The SMILES string of the molecule is COc1nc(Nn2c(C)ccc2C)ncc1Br. The Balaban J connectivity index is 2.30. The number of aromatic nitrogens is 3. The molecule has 0 aliphatic heterocycles. The van der Waals surface area contributed by atoms with E-state index in [1.165, 1.54) is 0 Å². The molecule has 1 N–H and O–H groups in total. The summed E-state index contributed by atoms with van der Waals surface area (Å²) in [7, 11) is 1.57. The van der Waals surface area contributed by atoms with Crippen molar-refractivity contribution in [1.82, 2.24) is 14.6 Å². The lowest BCUT2D eigenvalue weighted by Crippen LogP contribution is -2.14. The van der Waals surface area contributed by atoms with Gasteiger partial charge in [0.25, 0.3) is 0 Å². The highest BCUT2D eigenvalue weighted by Crippen LogP contribution is 2.22. The summed E-state index contributed by atoms with van der Waals surface area (Å²) in [6.07, 6.45) is 1.66. The van der Waals surface area contributed by atoms with Gasteiger partial charge in [-0.1, -0.05) is 0 Å². The molecule has 0 saturated heterocycles. The summed E-state index contributed by atoms with van der Waals surface area (Å²) in [5.74, 6) is 0.998. The second-order valence-corrected chi connectivity index (χ2v) is 4.47. The van der Waals surface area contributed by atoms with Gasteiger partial charge in [-0.3, -0.25) is 10.1 Å². The van der Waals surface area contributed by atoms with Crippen LogP contribution in [-0.4, -0.2) is 21.8 Å². The number of ether oxygens (including phenoxy) is 1. The fourth-order valence-corrected chi connectivity index (χ4v) is 1.85. The van der Waals surface area contributed by atoms with Gasteiger partial charge in [0, 0.05) is 11.4 Å². The molecule has 0 amide bonds. The van der Waals surface area contributed by atoms with Crippen molar-refractivity contribution in [2.45, 2.75) is 13.8 Å². The van der Waals surface area contributed by atoms with E-state index >= 15 is 0 Å². The fraction of sp³-hybridized carbons (Fsp3) is 0.273. The van der Waals surface area contributed by atoms with Gasteiger partial charge in [0.1, 0.15) is 0 Å². The van der Waals surface area contributed by atoms with Gasteiger partial charge in [0.15, 0.2) is 0 Å². The number of nitrogens with one attached hydrogen (secondary N) is 1. The first-order valence-corrected chi connectivity index (χ1v) is 5.89. The van der Waals surface area contributed by atoms with E-state index in [0.29, 0.717) is 11.8 Å². The summed E-state index contributed by atoms with van der Waals surface area (Å²) in [5, 5.41) is 0. The molecule has 0 atom stereocenters. The molecule has 0 spiro atoms. The third kappa shape index (κ3) is 2.41. The molecule has 2 aromatic heterocycles. The first-order valence-electron chi connectivity index (χ1n) is 5.10. The van der Waals surface area contributed by atoms with Crippen LogP contribution in [0.15, 0.2) is 22.8 Å². The summed E-state index contributed by atoms with van der Waals surface area (Å²) in [6, 6.07) is 4.05. The molecule has 0 aliphatic carbocycles. The van der Waals surface area contributed by atoms with Crippen LogP contribution in [0.4, 0.5) is 5.95 Å². The van der Waals surface area contributed by atoms with Gasteiger partial charge in [0.2, 0.25) is 11.8 Å². The van der Waals surface area contributed by atoms with Gasteiger partial charge in [-0.05, 0) is 41.9 Å². The zero-order chi connectivity index (χ0) is 12.4. The van der Waals surface area contributed by atoms with Crippen molar-refractivity contribution in [3.05, 3.63) is 34.2 Å². The molecule has 6 heteroatoms. The van der Waals surface area contributed by atoms with Crippen LogP contribution in [0.2, 0.25) is 0 Å². The number of methoxy groups -OCH3 is 1. The highest BCUT2D eigenvalue weighted by Gasteiger charge is 2.07. The normalized spacial score (nSPS) is 10.4. The molecule has 5 nitrogen and oxygen atoms in total. The monoisotopic (exact) mass is 296 g/mol. The maximum Gasteiger partial charge on any atom is 0.245 e. The minimum atomic E-state index is 0.493. The Morgan fingerprint density at radius 2 is 1.94 bits per heavy atom. The van der Waals surface area contributed by atoms with E-state index in [0.717, 1.165) is 15.9 Å². The second-order valence-electron chi connectivity index (χ2n) is 3.61. The summed E-state index contributed by atoms with van der Waals surface area (Å²) in [4.78, 5) is 8.41. The molecular weight excluding hydrogens is 284 g/mol. The van der Waals surface area contributed by atoms with Gasteiger partial charge in [0.05, 0.1) is 17.8 Å². The number of hydrogen-bond donors (Lipinski definition) is 1. The van der Waals surface area contributed by atoms with Gasteiger partial charge in [-0.25, -0.2) is 4.98 Å². The van der Waals surface area contributed by atoms with E-state index in [1.54, 1.807) is 13.3 Å². The van der Waals surface area contributed by atoms with Crippen LogP contribution in [0.3, 0.4) is 0 Å². The maximum absolute atomic E-state index is 5.12. The number of halogens is 1. The van der Waals surface area contributed by atoms with Crippen LogP contribution in [0.1, 0.15) is 11.4 Å². The molecule has 0 aromatic carbocycles. The first kappa shape index (κ1) is 11.9. The minimum Gasteiger partial charge on any atom is -0.480 e. The smallest absolute Gasteiger partial charge is 0.245 e. The zero-order valence-electron chi connectivity index (χ0n) is 9.86. The summed E-state index contributed by atoms with van der Waals surface area (Å²) < 4.78 is 7.77. The van der Waals surface area contributed by atoms with E-state index in [2.05, 4.69) is 31.3 Å². The summed E-state index contributed by atoms with van der Waals surface area (Å²) >= 11 is 3.31. The van der Waals surface area contributed by atoms with Gasteiger partial charge in [-0.15, -0.1) is 0 Å². The van der Waals surface area contributed by atoms with Crippen LogP contribution in [0.5, 0.6) is 5.88 Å². The Kier molecular flexibility index (Phi) is 3.33. The largest absolute Gasteiger partial charge is 0.480 e. The molecule has 0 aliphatic rings. The van der Waals surface area contributed by atoms with Crippen molar-refractivity contribution in [2.75, 3.05) is 12.5 Å². The summed E-state index contributed by atoms with van der Waals surface area (Å²) in [5.41, 5.74) is 5.30. The molecule has 90 valence electrons. The van der Waals surface area contributed by atoms with Crippen LogP contribution in [0, 0.1) is 13.8 Å². The van der Waals surface area contributed by atoms with Crippen molar-refractivity contribution in [3.63, 3.8) is 0 Å². The van der Waals surface area contributed by atoms with Crippen LogP contribution in [0.25, 0.3) is 0 Å². The van der Waals surface area contributed by atoms with E-state index < -0.39 is 0 Å². The Morgan fingerprint density at radius 1 is 1.29 bits per heavy atom. The Morgan fingerprint density at radius 3 is 2.53 bits per heavy atom. The van der Waals surface area contributed by atoms with Crippen molar-refractivity contribution in [3.8, 4) is 5.88 Å². The molecule has 2 heterocycles. The molecular formula is C11H13BrN4O. The molecule has 2 aromatic rings. The number of hydrogen-bond acceptors (Lipinski definition) is 4. The number of rotatable bonds is 3. The van der Waals surface area contributed by atoms with Crippen molar-refractivity contribution in [2.24, 2.45) is 0 Å². The van der Waals surface area contributed by atoms with Crippen molar-refractivity contribution < 1.29 is 4.74 Å². The van der Waals surface area contributed by atoms with Crippen LogP contribution < -0.4 is 10.2 Å². The Bertz CT molecular complexity index is 519. The van der Waals surface area contributed by atoms with E-state index in [9.17, 15) is 0 Å². The molecule has 17 heavy (non-hydrogen) atoms. The Labute approximate surface area is 108 Å². The van der Waals surface area contributed by atoms with Gasteiger partial charge in [-0.2, -0.15) is 4.98 Å². The lowest BCUT2D eigenvalue weighted by atomic mass is 10.5. The average molecular weight is 297 g/mol. The highest BCUT2D eigenvalue weighted by atomic mass is 79.9. The quantitative estimate of drug-likeness (QED) is 0.946. The lowest BCUT2D eigenvalue weighted by Gasteiger charge is -2.11. The molecule has 0 radical (unpaired) electrons. The van der Waals surface area contributed by atoms with E-state index in [-0.39, 0.29) is 0 Å². The molecule has 2 rings (SSSR count). The van der Waals surface area contributed by atoms with Crippen LogP contribution in [-0.2, 0) is 0 Å². The molecule has 0 bridgehead atoms. The standard InChI is InChI=1S/C11H13BrN4O/c1-7-4-5-8(2)16(7)15-11-13-6-9(12)10(14-11)17-3/h4-6H,1-3H3,(H,13,14,15). The lowest BCUT2D eigenvalue weighted by molar-refractivity contribution is 0.394. The fourth-order valence-electron chi connectivity index (χ4n) is 1.49. The third-order valence-electron chi connectivity index (χ3n) is 2.39. The predicted molar refractivity (Wildman–Crippen MR) is 69.2 cm³/mol. The first-order chi connectivity index (χ1) is 8.11. The van der Waals surface area contributed by atoms with E-state index in [1.807, 2.05) is 30.7 Å². The second kappa shape index (κ2) is 4.75. The number of anilines is 1.